The highest BCUT2D eigenvalue weighted by molar-refractivity contribution is 5.88. The summed E-state index contributed by atoms with van der Waals surface area (Å²) in [5.41, 5.74) is 1.60. The van der Waals surface area contributed by atoms with Crippen molar-refractivity contribution in [3.05, 3.63) is 29.8 Å². The fourth-order valence-corrected chi connectivity index (χ4v) is 1.74. The van der Waals surface area contributed by atoms with Crippen LogP contribution in [0.5, 0.6) is 0 Å². The maximum absolute atomic E-state index is 11.7. The van der Waals surface area contributed by atoms with Crippen molar-refractivity contribution in [1.82, 2.24) is 5.32 Å². The molecular weight excluding hydrogens is 256 g/mol. The maximum atomic E-state index is 11.7. The summed E-state index contributed by atoms with van der Waals surface area (Å²) in [7, 11) is 0. The number of carbonyl (C=O) groups excluding carboxylic acids is 2. The lowest BCUT2D eigenvalue weighted by Gasteiger charge is -2.09. The smallest absolute Gasteiger partial charge is 0.224 e. The Bertz CT molecular complexity index is 443. The topological polar surface area (TPSA) is 78.4 Å². The van der Waals surface area contributed by atoms with E-state index in [1.165, 1.54) is 6.92 Å². The van der Waals surface area contributed by atoms with E-state index in [0.29, 0.717) is 31.5 Å². The second-order valence-electron chi connectivity index (χ2n) is 4.76. The Balaban J connectivity index is 2.36. The van der Waals surface area contributed by atoms with Crippen LogP contribution in [-0.4, -0.2) is 29.6 Å². The number of anilines is 1. The maximum Gasteiger partial charge on any atom is 0.224 e. The van der Waals surface area contributed by atoms with Crippen molar-refractivity contribution in [2.24, 2.45) is 0 Å². The summed E-state index contributed by atoms with van der Waals surface area (Å²) in [6.45, 7) is 3.84. The second kappa shape index (κ2) is 8.32. The van der Waals surface area contributed by atoms with Gasteiger partial charge in [0.2, 0.25) is 11.8 Å². The van der Waals surface area contributed by atoms with Crippen LogP contribution in [0.15, 0.2) is 24.3 Å². The first kappa shape index (κ1) is 16.2. The molecule has 1 atom stereocenters. The normalized spacial score (nSPS) is 11.8. The molecule has 1 unspecified atom stereocenters. The van der Waals surface area contributed by atoms with Gasteiger partial charge in [-0.3, -0.25) is 9.59 Å². The molecule has 5 heteroatoms. The minimum atomic E-state index is -0.354. The van der Waals surface area contributed by atoms with Crippen LogP contribution in [0.1, 0.15) is 32.3 Å². The molecule has 0 bridgehead atoms. The monoisotopic (exact) mass is 278 g/mol. The van der Waals surface area contributed by atoms with Crippen molar-refractivity contribution in [1.29, 1.82) is 0 Å². The van der Waals surface area contributed by atoms with Gasteiger partial charge in [-0.15, -0.1) is 0 Å². The quantitative estimate of drug-likeness (QED) is 0.706. The number of hydrogen-bond acceptors (Lipinski definition) is 3. The van der Waals surface area contributed by atoms with Crippen molar-refractivity contribution in [2.45, 2.75) is 39.2 Å². The van der Waals surface area contributed by atoms with Crippen LogP contribution in [0.4, 0.5) is 5.69 Å². The van der Waals surface area contributed by atoms with Crippen LogP contribution in [0, 0.1) is 0 Å². The van der Waals surface area contributed by atoms with E-state index in [1.54, 1.807) is 12.1 Å². The van der Waals surface area contributed by atoms with Gasteiger partial charge in [-0.25, -0.2) is 0 Å². The van der Waals surface area contributed by atoms with E-state index in [2.05, 4.69) is 10.6 Å². The molecule has 1 aromatic rings. The van der Waals surface area contributed by atoms with Gasteiger partial charge in [0.05, 0.1) is 12.5 Å². The molecule has 0 aromatic heterocycles. The first-order chi connectivity index (χ1) is 9.51. The zero-order valence-electron chi connectivity index (χ0n) is 12.0. The number of amides is 2. The molecule has 5 nitrogen and oxygen atoms in total. The van der Waals surface area contributed by atoms with E-state index in [0.717, 1.165) is 5.56 Å². The largest absolute Gasteiger partial charge is 0.393 e. The fraction of sp³-hybridized carbons (Fsp3) is 0.467. The number of nitrogens with one attached hydrogen (secondary N) is 2. The summed E-state index contributed by atoms with van der Waals surface area (Å²) in [5, 5.41) is 14.8. The van der Waals surface area contributed by atoms with E-state index in [1.807, 2.05) is 19.1 Å². The minimum absolute atomic E-state index is 0.0689. The van der Waals surface area contributed by atoms with E-state index in [-0.39, 0.29) is 17.9 Å². The third-order valence-corrected chi connectivity index (χ3v) is 2.91. The molecule has 0 aliphatic heterocycles. The van der Waals surface area contributed by atoms with Gasteiger partial charge in [0.15, 0.2) is 0 Å². The number of carbonyl (C=O) groups is 2. The van der Waals surface area contributed by atoms with Gasteiger partial charge in [-0.1, -0.05) is 19.1 Å². The van der Waals surface area contributed by atoms with Crippen LogP contribution in [-0.2, 0) is 16.0 Å². The van der Waals surface area contributed by atoms with E-state index >= 15 is 0 Å². The molecule has 0 fully saturated rings. The van der Waals surface area contributed by atoms with Crippen molar-refractivity contribution in [3.63, 3.8) is 0 Å². The summed E-state index contributed by atoms with van der Waals surface area (Å²) in [6.07, 6.45) is 1.21. The predicted molar refractivity (Wildman–Crippen MR) is 78.4 cm³/mol. The number of aliphatic hydroxyl groups excluding tert-OH is 1. The van der Waals surface area contributed by atoms with E-state index in [9.17, 15) is 14.7 Å². The number of benzene rings is 1. The minimum Gasteiger partial charge on any atom is -0.393 e. The van der Waals surface area contributed by atoms with Gasteiger partial charge in [-0.2, -0.15) is 0 Å². The van der Waals surface area contributed by atoms with Gasteiger partial charge in [0, 0.05) is 19.2 Å². The molecule has 20 heavy (non-hydrogen) atoms. The van der Waals surface area contributed by atoms with Crippen molar-refractivity contribution < 1.29 is 14.7 Å². The molecule has 110 valence electrons. The first-order valence-corrected chi connectivity index (χ1v) is 6.82. The van der Waals surface area contributed by atoms with Crippen LogP contribution in [0.3, 0.4) is 0 Å². The Hall–Kier alpha value is -1.88. The lowest BCUT2D eigenvalue weighted by molar-refractivity contribution is -0.120. The average Bonchev–Trinajstić information content (AvgIpc) is 2.40. The third-order valence-electron chi connectivity index (χ3n) is 2.91. The van der Waals surface area contributed by atoms with Gasteiger partial charge < -0.3 is 15.7 Å². The molecule has 0 heterocycles. The summed E-state index contributed by atoms with van der Waals surface area (Å²) >= 11 is 0. The van der Waals surface area contributed by atoms with Crippen LogP contribution >= 0.6 is 0 Å². The molecule has 2 amide bonds. The van der Waals surface area contributed by atoms with Gasteiger partial charge >= 0.3 is 0 Å². The molecule has 0 spiro atoms. The molecule has 0 aliphatic carbocycles. The number of aliphatic hydroxyl groups is 1. The highest BCUT2D eigenvalue weighted by Gasteiger charge is 2.05. The third kappa shape index (κ3) is 6.33. The Morgan fingerprint density at radius 2 is 1.90 bits per heavy atom. The zero-order chi connectivity index (χ0) is 15.0. The first-order valence-electron chi connectivity index (χ1n) is 6.82. The average molecular weight is 278 g/mol. The molecule has 1 aromatic carbocycles. The molecule has 0 radical (unpaired) electrons. The van der Waals surface area contributed by atoms with Crippen molar-refractivity contribution in [3.8, 4) is 0 Å². The Morgan fingerprint density at radius 3 is 2.45 bits per heavy atom. The lowest BCUT2D eigenvalue weighted by atomic mass is 10.1. The standard InChI is InChI=1S/C15H22N2O3/c1-3-14(19)8-9-16-15(20)10-12-4-6-13(7-5-12)17-11(2)18/h4-7,14,19H,3,8-10H2,1-2H3,(H,16,20)(H,17,18). The van der Waals surface area contributed by atoms with Crippen LogP contribution in [0.25, 0.3) is 0 Å². The molecule has 1 rings (SSSR count). The number of rotatable bonds is 7. The highest BCUT2D eigenvalue weighted by atomic mass is 16.3. The SMILES string of the molecule is CCC(O)CCNC(=O)Cc1ccc(NC(C)=O)cc1. The van der Waals surface area contributed by atoms with Crippen LogP contribution in [0.2, 0.25) is 0 Å². The summed E-state index contributed by atoms with van der Waals surface area (Å²) in [4.78, 5) is 22.6. The van der Waals surface area contributed by atoms with E-state index < -0.39 is 0 Å². The summed E-state index contributed by atoms with van der Waals surface area (Å²) in [6, 6.07) is 7.16. The van der Waals surface area contributed by atoms with Gasteiger partial charge in [-0.05, 0) is 30.5 Å². The molecule has 0 saturated carbocycles. The number of hydrogen-bond donors (Lipinski definition) is 3. The zero-order valence-corrected chi connectivity index (χ0v) is 12.0. The van der Waals surface area contributed by atoms with Crippen LogP contribution < -0.4 is 10.6 Å². The van der Waals surface area contributed by atoms with Gasteiger partial charge in [0.25, 0.3) is 0 Å². The highest BCUT2D eigenvalue weighted by Crippen LogP contribution is 2.10. The Labute approximate surface area is 119 Å². The van der Waals surface area contributed by atoms with E-state index in [4.69, 9.17) is 0 Å². The molecular formula is C15H22N2O3. The summed E-state index contributed by atoms with van der Waals surface area (Å²) < 4.78 is 0. The lowest BCUT2D eigenvalue weighted by Crippen LogP contribution is -2.28. The van der Waals surface area contributed by atoms with Crippen molar-refractivity contribution >= 4 is 17.5 Å². The van der Waals surface area contributed by atoms with Crippen molar-refractivity contribution in [2.75, 3.05) is 11.9 Å². The Kier molecular flexibility index (Phi) is 6.73. The summed E-state index contributed by atoms with van der Waals surface area (Å²) in [5.74, 6) is -0.189. The molecule has 3 N–H and O–H groups in total. The van der Waals surface area contributed by atoms with Gasteiger partial charge in [0.1, 0.15) is 0 Å². The fourth-order valence-electron chi connectivity index (χ4n) is 1.74. The molecule has 0 saturated heterocycles. The molecule has 0 aliphatic rings. The second-order valence-corrected chi connectivity index (χ2v) is 4.76. The predicted octanol–water partition coefficient (Wildman–Crippen LogP) is 1.46. The Morgan fingerprint density at radius 1 is 1.25 bits per heavy atom.